The van der Waals surface area contributed by atoms with Gasteiger partial charge in [0, 0.05) is 73.9 Å². The van der Waals surface area contributed by atoms with Crippen LogP contribution in [-0.4, -0.2) is 55.8 Å². The summed E-state index contributed by atoms with van der Waals surface area (Å²) in [6, 6.07) is 11.5. The minimum Gasteiger partial charge on any atom is -0.494 e. The summed E-state index contributed by atoms with van der Waals surface area (Å²) in [6.07, 6.45) is 10.4. The molecule has 3 aromatic rings. The Morgan fingerprint density at radius 3 is 2.33 bits per heavy atom. The summed E-state index contributed by atoms with van der Waals surface area (Å²) in [7, 11) is 0. The average Bonchev–Trinajstić information content (AvgIpc) is 3.69. The topological polar surface area (TPSA) is 82.7 Å². The molecule has 40 heavy (non-hydrogen) atoms. The maximum atomic E-state index is 11.8. The van der Waals surface area contributed by atoms with Crippen LogP contribution in [-0.2, 0) is 11.3 Å². The molecule has 6 atom stereocenters. The van der Waals surface area contributed by atoms with Gasteiger partial charge in [0.25, 0.3) is 0 Å². The van der Waals surface area contributed by atoms with E-state index in [1.165, 1.54) is 43.0 Å². The molecule has 2 saturated carbocycles. The van der Waals surface area contributed by atoms with Gasteiger partial charge in [-0.25, -0.2) is 0 Å². The van der Waals surface area contributed by atoms with Crippen molar-refractivity contribution in [2.75, 3.05) is 19.6 Å². The van der Waals surface area contributed by atoms with E-state index < -0.39 is 0 Å². The van der Waals surface area contributed by atoms with Crippen LogP contribution in [0.1, 0.15) is 87.8 Å². The molecular formula is C33H44N4O3. The number of piperidine rings is 1. The second kappa shape index (κ2) is 10.2. The van der Waals surface area contributed by atoms with Crippen LogP contribution in [0.5, 0.6) is 11.8 Å². The van der Waals surface area contributed by atoms with Crippen LogP contribution >= 0.6 is 0 Å². The summed E-state index contributed by atoms with van der Waals surface area (Å²) < 4.78 is 4.30. The molecule has 1 aromatic carbocycles. The van der Waals surface area contributed by atoms with Crippen molar-refractivity contribution < 1.29 is 15.0 Å². The van der Waals surface area contributed by atoms with E-state index in [0.717, 1.165) is 43.6 Å². The van der Waals surface area contributed by atoms with E-state index in [-0.39, 0.29) is 41.5 Å². The van der Waals surface area contributed by atoms with Gasteiger partial charge in [-0.05, 0) is 73.3 Å². The summed E-state index contributed by atoms with van der Waals surface area (Å²) in [6.45, 7) is 7.78. The number of fused-ring (bicyclic) bond motifs is 6. The number of carbonyl (C=O) groups is 1. The molecule has 4 aliphatic rings. The van der Waals surface area contributed by atoms with Crippen LogP contribution in [0.15, 0.2) is 36.5 Å². The third-order valence-corrected chi connectivity index (χ3v) is 11.1. The molecule has 4 unspecified atom stereocenters. The highest BCUT2D eigenvalue weighted by Crippen LogP contribution is 2.62. The lowest BCUT2D eigenvalue weighted by Gasteiger charge is -2.39. The van der Waals surface area contributed by atoms with Crippen molar-refractivity contribution in [3.05, 3.63) is 47.7 Å². The van der Waals surface area contributed by atoms with Gasteiger partial charge in [-0.1, -0.05) is 38.0 Å². The number of amides is 1. The molecule has 3 N–H and O–H groups in total. The Hall–Kier alpha value is -2.93. The number of hydrogen-bond acceptors (Lipinski definition) is 4. The molecular weight excluding hydrogens is 500 g/mol. The summed E-state index contributed by atoms with van der Waals surface area (Å²) in [4.78, 5) is 14.5. The lowest BCUT2D eigenvalue weighted by atomic mass is 9.78. The second-order valence-corrected chi connectivity index (χ2v) is 13.2. The lowest BCUT2D eigenvalue weighted by molar-refractivity contribution is -0.120. The highest BCUT2D eigenvalue weighted by atomic mass is 16.3. The van der Waals surface area contributed by atoms with Crippen molar-refractivity contribution in [1.82, 2.24) is 19.4 Å². The van der Waals surface area contributed by atoms with Gasteiger partial charge in [-0.15, -0.1) is 0 Å². The number of likely N-dealkylation sites (tertiary alicyclic amines) is 1. The molecule has 7 rings (SSSR count). The first kappa shape index (κ1) is 26.0. The zero-order valence-electron chi connectivity index (χ0n) is 23.9. The maximum absolute atomic E-state index is 11.8. The van der Waals surface area contributed by atoms with Gasteiger partial charge in [-0.2, -0.15) is 0 Å². The van der Waals surface area contributed by atoms with E-state index >= 15 is 0 Å². The van der Waals surface area contributed by atoms with Gasteiger partial charge in [0.05, 0.1) is 0 Å². The number of nitrogens with zero attached hydrogens (tertiary/aromatic N) is 3. The van der Waals surface area contributed by atoms with Gasteiger partial charge in [-0.3, -0.25) is 9.36 Å². The van der Waals surface area contributed by atoms with Crippen LogP contribution in [0.2, 0.25) is 0 Å². The molecule has 2 aromatic heterocycles. The fourth-order valence-corrected chi connectivity index (χ4v) is 9.07. The number of nitrogens with one attached hydrogen (secondary N) is 1. The molecule has 3 fully saturated rings. The molecule has 1 aliphatic heterocycles. The average molecular weight is 545 g/mol. The molecule has 3 heterocycles. The fourth-order valence-electron chi connectivity index (χ4n) is 9.07. The Balaban J connectivity index is 1.03. The minimum absolute atomic E-state index is 0.0233. The number of hydrogen-bond donors (Lipinski definition) is 3. The lowest BCUT2D eigenvalue weighted by Crippen LogP contribution is -2.41. The fraction of sp³-hybridized carbons (Fsp3) is 0.606. The summed E-state index contributed by atoms with van der Waals surface area (Å²) in [5.74, 6) is 2.07. The first-order valence-electron chi connectivity index (χ1n) is 15.6. The quantitative estimate of drug-likeness (QED) is 0.371. The smallest absolute Gasteiger partial charge is 0.217 e. The van der Waals surface area contributed by atoms with Crippen molar-refractivity contribution in [2.24, 2.45) is 17.8 Å². The normalized spacial score (nSPS) is 30.6. The van der Waals surface area contributed by atoms with Crippen LogP contribution in [0.25, 0.3) is 10.9 Å². The highest BCUT2D eigenvalue weighted by molar-refractivity contribution is 5.80. The van der Waals surface area contributed by atoms with E-state index in [4.69, 9.17) is 0 Å². The van der Waals surface area contributed by atoms with E-state index in [1.807, 2.05) is 4.57 Å². The molecule has 1 amide bonds. The molecule has 2 bridgehead atoms. The van der Waals surface area contributed by atoms with Crippen molar-refractivity contribution in [2.45, 2.75) is 89.3 Å². The number of para-hydroxylation sites is 1. The molecule has 3 aliphatic carbocycles. The number of benzene rings is 1. The van der Waals surface area contributed by atoms with Gasteiger partial charge in [0.1, 0.15) is 0 Å². The van der Waals surface area contributed by atoms with E-state index in [0.29, 0.717) is 24.4 Å². The first-order valence-corrected chi connectivity index (χ1v) is 15.6. The van der Waals surface area contributed by atoms with Crippen LogP contribution in [0.4, 0.5) is 0 Å². The highest BCUT2D eigenvalue weighted by Gasteiger charge is 2.54. The van der Waals surface area contributed by atoms with E-state index in [1.54, 1.807) is 6.92 Å². The van der Waals surface area contributed by atoms with Crippen molar-refractivity contribution in [3.63, 3.8) is 0 Å². The summed E-state index contributed by atoms with van der Waals surface area (Å²) in [5.41, 5.74) is 3.19. The summed E-state index contributed by atoms with van der Waals surface area (Å²) in [5, 5.41) is 27.2. The Morgan fingerprint density at radius 2 is 1.60 bits per heavy atom. The third-order valence-electron chi connectivity index (χ3n) is 11.1. The monoisotopic (exact) mass is 544 g/mol. The number of aromatic hydroxyl groups is 2. The third kappa shape index (κ3) is 4.23. The van der Waals surface area contributed by atoms with Crippen molar-refractivity contribution in [1.29, 1.82) is 0 Å². The SMILES string of the molecule is CC(=O)NC1C2CC(c3c2c(O)n(C[C@@H]2CCCC[C@H]2CN2CCC(n4ccc5ccccc54)CC2)c3O)C1C. The predicted octanol–water partition coefficient (Wildman–Crippen LogP) is 5.72. The predicted molar refractivity (Wildman–Crippen MR) is 157 cm³/mol. The molecule has 214 valence electrons. The van der Waals surface area contributed by atoms with Gasteiger partial charge in [0.2, 0.25) is 5.91 Å². The van der Waals surface area contributed by atoms with E-state index in [2.05, 4.69) is 58.2 Å². The molecule has 7 heteroatoms. The number of rotatable bonds is 6. The van der Waals surface area contributed by atoms with Crippen LogP contribution in [0, 0.1) is 17.8 Å². The Bertz CT molecular complexity index is 1400. The Labute approximate surface area is 237 Å². The van der Waals surface area contributed by atoms with Crippen LogP contribution < -0.4 is 5.32 Å². The van der Waals surface area contributed by atoms with E-state index in [9.17, 15) is 15.0 Å². The van der Waals surface area contributed by atoms with Crippen molar-refractivity contribution >= 4 is 16.8 Å². The van der Waals surface area contributed by atoms with Gasteiger partial charge >= 0.3 is 0 Å². The largest absolute Gasteiger partial charge is 0.494 e. The van der Waals surface area contributed by atoms with Gasteiger partial charge in [0.15, 0.2) is 11.8 Å². The number of aromatic nitrogens is 2. The Morgan fingerprint density at radius 1 is 0.925 bits per heavy atom. The second-order valence-electron chi connectivity index (χ2n) is 13.2. The molecule has 0 radical (unpaired) electrons. The van der Waals surface area contributed by atoms with Gasteiger partial charge < -0.3 is 25.0 Å². The van der Waals surface area contributed by atoms with Crippen molar-refractivity contribution in [3.8, 4) is 11.8 Å². The zero-order valence-corrected chi connectivity index (χ0v) is 23.9. The minimum atomic E-state index is -0.0233. The number of carbonyl (C=O) groups excluding carboxylic acids is 1. The molecule has 7 nitrogen and oxygen atoms in total. The first-order chi connectivity index (χ1) is 19.4. The Kier molecular flexibility index (Phi) is 6.61. The maximum Gasteiger partial charge on any atom is 0.217 e. The molecule has 1 saturated heterocycles. The molecule has 0 spiro atoms. The standard InChI is InChI=1S/C33H44N4O3/c1-20-26-17-27(31(20)34-21(2)38)30-29(26)32(39)37(33(30)40)19-24-9-4-3-8-23(24)18-35-14-12-25(13-15-35)36-16-11-22-7-5-6-10-28(22)36/h5-7,10-11,16,20,23-27,31,39-40H,3-4,8-9,12-15,17-19H2,1-2H3,(H,34,38)/t20?,23-,24-,26?,27?,31?/m0/s1. The summed E-state index contributed by atoms with van der Waals surface area (Å²) >= 11 is 0. The zero-order chi connectivity index (χ0) is 27.5. The van der Waals surface area contributed by atoms with Crippen LogP contribution in [0.3, 0.4) is 0 Å².